The molecule has 0 saturated heterocycles. The van der Waals surface area contributed by atoms with E-state index in [1.165, 1.54) is 12.1 Å². The van der Waals surface area contributed by atoms with E-state index in [0.29, 0.717) is 17.6 Å². The summed E-state index contributed by atoms with van der Waals surface area (Å²) in [7, 11) is 0. The van der Waals surface area contributed by atoms with Gasteiger partial charge in [-0.2, -0.15) is 0 Å². The molecule has 3 aromatic rings. The molecule has 1 atom stereocenters. The van der Waals surface area contributed by atoms with Crippen LogP contribution in [0.4, 0.5) is 10.1 Å². The first-order chi connectivity index (χ1) is 11.7. The molecule has 2 aromatic carbocycles. The number of ether oxygens (including phenoxy) is 1. The summed E-state index contributed by atoms with van der Waals surface area (Å²) in [6.45, 7) is 1.81. The fourth-order valence-electron chi connectivity index (χ4n) is 2.43. The van der Waals surface area contributed by atoms with Crippen LogP contribution >= 0.6 is 0 Å². The minimum absolute atomic E-state index is 0.0653. The highest BCUT2D eigenvalue weighted by Crippen LogP contribution is 2.22. The summed E-state index contributed by atoms with van der Waals surface area (Å²) in [4.78, 5) is 16.8. The first kappa shape index (κ1) is 15.9. The maximum absolute atomic E-state index is 13.7. The van der Waals surface area contributed by atoms with Gasteiger partial charge in [0.05, 0.1) is 11.2 Å². The van der Waals surface area contributed by atoms with E-state index in [1.54, 1.807) is 24.4 Å². The third-order valence-electron chi connectivity index (χ3n) is 3.66. The number of hydrogen-bond donors (Lipinski definition) is 1. The van der Waals surface area contributed by atoms with Gasteiger partial charge in [-0.25, -0.2) is 4.39 Å². The van der Waals surface area contributed by atoms with E-state index in [-0.39, 0.29) is 11.7 Å². The number of nitrogens with one attached hydrogen (secondary N) is 1. The van der Waals surface area contributed by atoms with E-state index in [0.717, 1.165) is 5.39 Å². The Morgan fingerprint density at radius 2 is 1.96 bits per heavy atom. The number of carbonyl (C=O) groups is 1. The molecule has 1 aromatic heterocycles. The second-order valence-electron chi connectivity index (χ2n) is 5.32. The van der Waals surface area contributed by atoms with Crippen LogP contribution in [0.15, 0.2) is 60.8 Å². The van der Waals surface area contributed by atoms with Gasteiger partial charge in [-0.1, -0.05) is 37.3 Å². The zero-order valence-electron chi connectivity index (χ0n) is 13.2. The van der Waals surface area contributed by atoms with Crippen molar-refractivity contribution in [3.8, 4) is 5.75 Å². The number of halogens is 1. The number of aromatic nitrogens is 1. The van der Waals surface area contributed by atoms with Crippen molar-refractivity contribution in [2.45, 2.75) is 19.4 Å². The van der Waals surface area contributed by atoms with Crippen LogP contribution in [0.1, 0.15) is 13.3 Å². The summed E-state index contributed by atoms with van der Waals surface area (Å²) < 4.78 is 19.3. The SMILES string of the molecule is CC[C@H](Oc1ccccc1F)C(=O)Nc1cccc2cccnc12. The van der Waals surface area contributed by atoms with Crippen molar-refractivity contribution < 1.29 is 13.9 Å². The normalized spacial score (nSPS) is 11.9. The Kier molecular flexibility index (Phi) is 4.70. The standard InChI is InChI=1S/C19H17FN2O2/c1-2-16(24-17-11-4-3-9-14(17)20)19(23)22-15-10-5-7-13-8-6-12-21-18(13)15/h3-12,16H,2H2,1H3,(H,22,23)/t16-/m0/s1. The zero-order valence-corrected chi connectivity index (χ0v) is 13.2. The van der Waals surface area contributed by atoms with Crippen LogP contribution in [0.5, 0.6) is 5.75 Å². The van der Waals surface area contributed by atoms with Crippen LogP contribution in [0.25, 0.3) is 10.9 Å². The number of hydrogen-bond acceptors (Lipinski definition) is 3. The monoisotopic (exact) mass is 324 g/mol. The van der Waals surface area contributed by atoms with Crippen LogP contribution in [0, 0.1) is 5.82 Å². The molecule has 3 rings (SSSR count). The minimum atomic E-state index is -0.791. The maximum Gasteiger partial charge on any atom is 0.265 e. The van der Waals surface area contributed by atoms with Crippen molar-refractivity contribution in [1.29, 1.82) is 0 Å². The molecule has 4 nitrogen and oxygen atoms in total. The topological polar surface area (TPSA) is 51.2 Å². The molecule has 0 saturated carbocycles. The van der Waals surface area contributed by atoms with Gasteiger partial charge in [-0.15, -0.1) is 0 Å². The van der Waals surface area contributed by atoms with Gasteiger partial charge in [-0.05, 0) is 30.7 Å². The number of anilines is 1. The number of nitrogens with zero attached hydrogens (tertiary/aromatic N) is 1. The van der Waals surface area contributed by atoms with Crippen LogP contribution < -0.4 is 10.1 Å². The number of fused-ring (bicyclic) bond motifs is 1. The molecule has 0 unspecified atom stereocenters. The molecule has 1 N–H and O–H groups in total. The van der Waals surface area contributed by atoms with Crippen molar-refractivity contribution in [2.24, 2.45) is 0 Å². The molecule has 0 spiro atoms. The van der Waals surface area contributed by atoms with Crippen LogP contribution in [-0.4, -0.2) is 17.0 Å². The molecule has 24 heavy (non-hydrogen) atoms. The first-order valence-electron chi connectivity index (χ1n) is 7.75. The first-order valence-corrected chi connectivity index (χ1v) is 7.75. The highest BCUT2D eigenvalue weighted by atomic mass is 19.1. The average molecular weight is 324 g/mol. The predicted octanol–water partition coefficient (Wildman–Crippen LogP) is 4.17. The van der Waals surface area contributed by atoms with Gasteiger partial charge in [0.1, 0.15) is 0 Å². The Balaban J connectivity index is 1.80. The van der Waals surface area contributed by atoms with Crippen molar-refractivity contribution in [2.75, 3.05) is 5.32 Å². The third-order valence-corrected chi connectivity index (χ3v) is 3.66. The maximum atomic E-state index is 13.7. The molecule has 0 aliphatic rings. The highest BCUT2D eigenvalue weighted by Gasteiger charge is 2.20. The fraction of sp³-hybridized carbons (Fsp3) is 0.158. The third kappa shape index (κ3) is 3.35. The van der Waals surface area contributed by atoms with Gasteiger partial charge in [0.15, 0.2) is 17.7 Å². The Morgan fingerprint density at radius 3 is 2.75 bits per heavy atom. The molecule has 5 heteroatoms. The summed E-state index contributed by atoms with van der Waals surface area (Å²) in [5, 5.41) is 3.76. The average Bonchev–Trinajstić information content (AvgIpc) is 2.61. The van der Waals surface area contributed by atoms with E-state index in [2.05, 4.69) is 10.3 Å². The van der Waals surface area contributed by atoms with Gasteiger partial charge in [-0.3, -0.25) is 9.78 Å². The predicted molar refractivity (Wildman–Crippen MR) is 91.5 cm³/mol. The van der Waals surface area contributed by atoms with E-state index in [9.17, 15) is 9.18 Å². The van der Waals surface area contributed by atoms with Gasteiger partial charge in [0.25, 0.3) is 5.91 Å². The zero-order chi connectivity index (χ0) is 16.9. The lowest BCUT2D eigenvalue weighted by atomic mass is 10.2. The Hall–Kier alpha value is -2.95. The number of pyridine rings is 1. The van der Waals surface area contributed by atoms with Crippen LogP contribution in [0.2, 0.25) is 0 Å². The van der Waals surface area contributed by atoms with Gasteiger partial charge < -0.3 is 10.1 Å². The van der Waals surface area contributed by atoms with Crippen LogP contribution in [0.3, 0.4) is 0 Å². The molecule has 0 fully saturated rings. The number of carbonyl (C=O) groups excluding carboxylic acids is 1. The number of amides is 1. The molecule has 122 valence electrons. The lowest BCUT2D eigenvalue weighted by Crippen LogP contribution is -2.32. The van der Waals surface area contributed by atoms with E-state index >= 15 is 0 Å². The molecule has 0 bridgehead atoms. The Bertz CT molecular complexity index is 861. The number of rotatable bonds is 5. The van der Waals surface area contributed by atoms with Crippen molar-refractivity contribution in [3.05, 3.63) is 66.6 Å². The Morgan fingerprint density at radius 1 is 1.17 bits per heavy atom. The van der Waals surface area contributed by atoms with Gasteiger partial charge in [0.2, 0.25) is 0 Å². The van der Waals surface area contributed by atoms with Gasteiger partial charge in [0, 0.05) is 11.6 Å². The van der Waals surface area contributed by atoms with Crippen molar-refractivity contribution >= 4 is 22.5 Å². The Labute approximate surface area is 139 Å². The summed E-state index contributed by atoms with van der Waals surface area (Å²) in [5.41, 5.74) is 1.31. The second kappa shape index (κ2) is 7.08. The molecule has 0 radical (unpaired) electrons. The van der Waals surface area contributed by atoms with E-state index < -0.39 is 11.9 Å². The summed E-state index contributed by atoms with van der Waals surface area (Å²) in [5.74, 6) is -0.759. The summed E-state index contributed by atoms with van der Waals surface area (Å²) >= 11 is 0. The van der Waals surface area contributed by atoms with Crippen LogP contribution in [-0.2, 0) is 4.79 Å². The minimum Gasteiger partial charge on any atom is -0.478 e. The summed E-state index contributed by atoms with van der Waals surface area (Å²) in [6.07, 6.45) is 1.30. The molecular weight excluding hydrogens is 307 g/mol. The number of para-hydroxylation sites is 2. The largest absolute Gasteiger partial charge is 0.478 e. The fourth-order valence-corrected chi connectivity index (χ4v) is 2.43. The molecule has 0 aliphatic carbocycles. The second-order valence-corrected chi connectivity index (χ2v) is 5.32. The highest BCUT2D eigenvalue weighted by molar-refractivity contribution is 6.01. The smallest absolute Gasteiger partial charge is 0.265 e. The quantitative estimate of drug-likeness (QED) is 0.766. The molecule has 1 amide bonds. The lowest BCUT2D eigenvalue weighted by Gasteiger charge is -2.18. The van der Waals surface area contributed by atoms with E-state index in [1.807, 2.05) is 31.2 Å². The van der Waals surface area contributed by atoms with Crippen molar-refractivity contribution in [3.63, 3.8) is 0 Å². The number of benzene rings is 2. The molecule has 0 aliphatic heterocycles. The van der Waals surface area contributed by atoms with Gasteiger partial charge >= 0.3 is 0 Å². The molecule has 1 heterocycles. The van der Waals surface area contributed by atoms with Crippen molar-refractivity contribution in [1.82, 2.24) is 4.98 Å². The molecular formula is C19H17FN2O2. The van der Waals surface area contributed by atoms with E-state index in [4.69, 9.17) is 4.74 Å². The summed E-state index contributed by atoms with van der Waals surface area (Å²) in [6, 6.07) is 15.4. The lowest BCUT2D eigenvalue weighted by molar-refractivity contribution is -0.122.